The van der Waals surface area contributed by atoms with E-state index in [4.69, 9.17) is 0 Å². The third-order valence-electron chi connectivity index (χ3n) is 4.39. The number of rotatable bonds is 1. The molecule has 0 radical (unpaired) electrons. The fourth-order valence-electron chi connectivity index (χ4n) is 3.36. The molecule has 23 heavy (non-hydrogen) atoms. The molecule has 0 saturated heterocycles. The van der Waals surface area contributed by atoms with E-state index in [9.17, 15) is 10.1 Å². The van der Waals surface area contributed by atoms with Gasteiger partial charge in [0.25, 0.3) is 0 Å². The SMILES string of the molecule is CC1=C(C#N)[C@@H](c2cccnc2)C2=C(N1)c1ccccc1C2=O. The van der Waals surface area contributed by atoms with E-state index >= 15 is 0 Å². The first kappa shape index (κ1) is 13.5. The van der Waals surface area contributed by atoms with Gasteiger partial charge in [0.1, 0.15) is 0 Å². The van der Waals surface area contributed by atoms with Crippen molar-refractivity contribution in [1.82, 2.24) is 10.3 Å². The highest BCUT2D eigenvalue weighted by atomic mass is 16.1. The number of allylic oxidation sites excluding steroid dienone is 3. The first-order valence-corrected chi connectivity index (χ1v) is 7.38. The molecule has 4 nitrogen and oxygen atoms in total. The molecule has 0 fully saturated rings. The number of dihydropyridines is 1. The summed E-state index contributed by atoms with van der Waals surface area (Å²) in [5.74, 6) is -0.387. The number of nitriles is 1. The highest BCUT2D eigenvalue weighted by molar-refractivity contribution is 6.22. The van der Waals surface area contributed by atoms with Crippen LogP contribution < -0.4 is 5.32 Å². The standard InChI is InChI=1S/C19H13N3O/c1-11-15(9-20)16(12-5-4-8-21-10-12)17-18(22-11)13-6-2-3-7-14(13)19(17)23/h2-8,10,16,22H,1H3/t16-/m1/s1. The predicted molar refractivity (Wildman–Crippen MR) is 86.1 cm³/mol. The summed E-state index contributed by atoms with van der Waals surface area (Å²) in [5.41, 5.74) is 5.25. The molecule has 1 aliphatic carbocycles. The molecule has 1 aromatic carbocycles. The van der Waals surface area contributed by atoms with Crippen molar-refractivity contribution in [2.75, 3.05) is 0 Å². The average molecular weight is 299 g/mol. The van der Waals surface area contributed by atoms with Crippen LogP contribution in [0, 0.1) is 11.3 Å². The monoisotopic (exact) mass is 299 g/mol. The number of carbonyl (C=O) groups is 1. The van der Waals surface area contributed by atoms with E-state index in [2.05, 4.69) is 16.4 Å². The Bertz CT molecular complexity index is 933. The van der Waals surface area contributed by atoms with E-state index in [-0.39, 0.29) is 11.7 Å². The summed E-state index contributed by atoms with van der Waals surface area (Å²) in [5, 5.41) is 12.9. The summed E-state index contributed by atoms with van der Waals surface area (Å²) in [7, 11) is 0. The second kappa shape index (κ2) is 4.92. The number of hydrogen-bond donors (Lipinski definition) is 1. The van der Waals surface area contributed by atoms with E-state index in [1.165, 1.54) is 0 Å². The summed E-state index contributed by atoms with van der Waals surface area (Å²) in [6.45, 7) is 1.87. The molecule has 1 aliphatic heterocycles. The summed E-state index contributed by atoms with van der Waals surface area (Å²) in [6.07, 6.45) is 3.41. The Morgan fingerprint density at radius 1 is 1.17 bits per heavy atom. The van der Waals surface area contributed by atoms with Crippen molar-refractivity contribution < 1.29 is 4.79 Å². The number of Topliss-reactive ketones (excluding diaryl/α,β-unsaturated/α-hetero) is 1. The lowest BCUT2D eigenvalue weighted by molar-refractivity contribution is 0.103. The van der Waals surface area contributed by atoms with Crippen LogP contribution in [-0.2, 0) is 0 Å². The summed E-state index contributed by atoms with van der Waals surface area (Å²) in [4.78, 5) is 17.1. The fourth-order valence-corrected chi connectivity index (χ4v) is 3.36. The van der Waals surface area contributed by atoms with E-state index in [1.54, 1.807) is 12.4 Å². The lowest BCUT2D eigenvalue weighted by atomic mass is 9.81. The summed E-state index contributed by atoms with van der Waals surface area (Å²) >= 11 is 0. The second-order valence-corrected chi connectivity index (χ2v) is 5.66. The van der Waals surface area contributed by atoms with Crippen molar-refractivity contribution in [3.05, 3.63) is 82.3 Å². The molecule has 0 saturated carbocycles. The van der Waals surface area contributed by atoms with Crippen molar-refractivity contribution in [2.24, 2.45) is 0 Å². The molecule has 1 N–H and O–H groups in total. The second-order valence-electron chi connectivity index (χ2n) is 5.66. The topological polar surface area (TPSA) is 65.8 Å². The van der Waals surface area contributed by atoms with Crippen LogP contribution in [-0.4, -0.2) is 10.8 Å². The maximum Gasteiger partial charge on any atom is 0.192 e. The molecule has 0 bridgehead atoms. The molecule has 2 heterocycles. The van der Waals surface area contributed by atoms with E-state index in [0.717, 1.165) is 22.5 Å². The summed E-state index contributed by atoms with van der Waals surface area (Å²) < 4.78 is 0. The van der Waals surface area contributed by atoms with Crippen LogP contribution in [0.15, 0.2) is 65.6 Å². The van der Waals surface area contributed by atoms with Crippen LogP contribution in [0.1, 0.15) is 34.3 Å². The van der Waals surface area contributed by atoms with Crippen LogP contribution >= 0.6 is 0 Å². The van der Waals surface area contributed by atoms with Gasteiger partial charge < -0.3 is 5.32 Å². The highest BCUT2D eigenvalue weighted by Crippen LogP contribution is 2.45. The molecule has 4 heteroatoms. The maximum atomic E-state index is 12.9. The van der Waals surface area contributed by atoms with Crippen molar-refractivity contribution in [3.63, 3.8) is 0 Å². The van der Waals surface area contributed by atoms with Gasteiger partial charge in [-0.3, -0.25) is 9.78 Å². The Morgan fingerprint density at radius 3 is 2.65 bits per heavy atom. The zero-order chi connectivity index (χ0) is 16.0. The minimum absolute atomic E-state index is 0.0165. The lowest BCUT2D eigenvalue weighted by Gasteiger charge is -2.26. The molecule has 2 aliphatic rings. The Balaban J connectivity index is 1.97. The maximum absolute atomic E-state index is 12.9. The number of benzene rings is 1. The van der Waals surface area contributed by atoms with E-state index in [0.29, 0.717) is 16.7 Å². The molecule has 1 atom stereocenters. The number of ketones is 1. The zero-order valence-electron chi connectivity index (χ0n) is 12.5. The van der Waals surface area contributed by atoms with Crippen LogP contribution in [0.3, 0.4) is 0 Å². The molecular weight excluding hydrogens is 286 g/mol. The molecule has 1 aromatic heterocycles. The van der Waals surface area contributed by atoms with Gasteiger partial charge in [-0.05, 0) is 18.6 Å². The lowest BCUT2D eigenvalue weighted by Crippen LogP contribution is -2.24. The quantitative estimate of drug-likeness (QED) is 0.878. The van der Waals surface area contributed by atoms with Crippen molar-refractivity contribution >= 4 is 11.5 Å². The van der Waals surface area contributed by atoms with Gasteiger partial charge in [-0.1, -0.05) is 30.3 Å². The van der Waals surface area contributed by atoms with Crippen molar-refractivity contribution in [2.45, 2.75) is 12.8 Å². The van der Waals surface area contributed by atoms with Gasteiger partial charge in [-0.15, -0.1) is 0 Å². The van der Waals surface area contributed by atoms with Gasteiger partial charge in [0.2, 0.25) is 0 Å². The highest BCUT2D eigenvalue weighted by Gasteiger charge is 2.40. The molecule has 0 unspecified atom stereocenters. The first-order chi connectivity index (χ1) is 11.2. The smallest absolute Gasteiger partial charge is 0.192 e. The predicted octanol–water partition coefficient (Wildman–Crippen LogP) is 3.17. The van der Waals surface area contributed by atoms with Gasteiger partial charge in [-0.25, -0.2) is 0 Å². The van der Waals surface area contributed by atoms with Crippen LogP contribution in [0.4, 0.5) is 0 Å². The normalized spacial score (nSPS) is 19.1. The first-order valence-electron chi connectivity index (χ1n) is 7.38. The van der Waals surface area contributed by atoms with Crippen LogP contribution in [0.2, 0.25) is 0 Å². The third-order valence-corrected chi connectivity index (χ3v) is 4.39. The minimum Gasteiger partial charge on any atom is -0.357 e. The zero-order valence-corrected chi connectivity index (χ0v) is 12.5. The Hall–Kier alpha value is -3.19. The number of hydrogen-bond acceptors (Lipinski definition) is 4. The molecule has 4 rings (SSSR count). The van der Waals surface area contributed by atoms with Gasteiger partial charge in [0, 0.05) is 34.8 Å². The van der Waals surface area contributed by atoms with Gasteiger partial charge in [0.15, 0.2) is 5.78 Å². The van der Waals surface area contributed by atoms with Gasteiger partial charge in [0.05, 0.1) is 23.3 Å². The molecule has 110 valence electrons. The number of nitrogens with one attached hydrogen (secondary N) is 1. The molecule has 0 spiro atoms. The fraction of sp³-hybridized carbons (Fsp3) is 0.105. The Kier molecular flexibility index (Phi) is 2.88. The number of carbonyl (C=O) groups excluding carboxylic acids is 1. The van der Waals surface area contributed by atoms with Crippen LogP contribution in [0.5, 0.6) is 0 Å². The van der Waals surface area contributed by atoms with Gasteiger partial charge >= 0.3 is 0 Å². The third kappa shape index (κ3) is 1.84. The van der Waals surface area contributed by atoms with Crippen LogP contribution in [0.25, 0.3) is 5.70 Å². The molecule has 0 amide bonds. The molecule has 2 aromatic rings. The Labute approximate surface area is 133 Å². The minimum atomic E-state index is -0.371. The Morgan fingerprint density at radius 2 is 1.96 bits per heavy atom. The van der Waals surface area contributed by atoms with E-state index in [1.807, 2.05) is 43.3 Å². The number of nitrogens with zero attached hydrogens (tertiary/aromatic N) is 2. The van der Waals surface area contributed by atoms with Crippen molar-refractivity contribution in [3.8, 4) is 6.07 Å². The van der Waals surface area contributed by atoms with E-state index < -0.39 is 0 Å². The average Bonchev–Trinajstić information content (AvgIpc) is 2.87. The largest absolute Gasteiger partial charge is 0.357 e. The number of aromatic nitrogens is 1. The summed E-state index contributed by atoms with van der Waals surface area (Å²) in [6, 6.07) is 13.6. The van der Waals surface area contributed by atoms with Crippen molar-refractivity contribution in [1.29, 1.82) is 5.26 Å². The number of fused-ring (bicyclic) bond motifs is 2. The van der Waals surface area contributed by atoms with Gasteiger partial charge in [-0.2, -0.15) is 5.26 Å². The molecular formula is C19H13N3O. The number of pyridine rings is 1.